The Balaban J connectivity index is 1.85. The first-order valence-electron chi connectivity index (χ1n) is 8.16. The van der Waals surface area contributed by atoms with Gasteiger partial charge in [-0.2, -0.15) is 0 Å². The fourth-order valence-corrected chi connectivity index (χ4v) is 2.68. The Morgan fingerprint density at radius 3 is 1.72 bits per heavy atom. The van der Waals surface area contributed by atoms with Gasteiger partial charge in [0.25, 0.3) is 0 Å². The Hall–Kier alpha value is -3.11. The van der Waals surface area contributed by atoms with E-state index in [1.165, 1.54) is 0 Å². The van der Waals surface area contributed by atoms with Crippen molar-refractivity contribution in [3.8, 4) is 0 Å². The number of hydrogen-bond acceptors (Lipinski definition) is 3. The number of nitrogens with one attached hydrogen (secondary N) is 1. The summed E-state index contributed by atoms with van der Waals surface area (Å²) < 4.78 is 0. The number of rotatable bonds is 7. The van der Waals surface area contributed by atoms with Crippen LogP contribution in [0, 0.1) is 0 Å². The van der Waals surface area contributed by atoms with Crippen molar-refractivity contribution in [2.24, 2.45) is 0 Å². The minimum absolute atomic E-state index is 0.0398. The van der Waals surface area contributed by atoms with E-state index in [1.54, 1.807) is 0 Å². The van der Waals surface area contributed by atoms with E-state index in [-0.39, 0.29) is 6.54 Å². The molecule has 0 saturated carbocycles. The number of para-hydroxylation sites is 2. The van der Waals surface area contributed by atoms with Crippen LogP contribution < -0.4 is 10.2 Å². The SMILES string of the molecule is O=C(O)CNCc1ccc(N(c2ccccc2)c2ccccc2)cc1. The Kier molecular flexibility index (Phi) is 5.44. The van der Waals surface area contributed by atoms with Crippen molar-refractivity contribution in [1.29, 1.82) is 0 Å². The first kappa shape index (κ1) is 16.7. The Morgan fingerprint density at radius 2 is 1.24 bits per heavy atom. The molecule has 3 aromatic carbocycles. The van der Waals surface area contributed by atoms with Crippen LogP contribution in [0.25, 0.3) is 0 Å². The van der Waals surface area contributed by atoms with Crippen LogP contribution in [0.4, 0.5) is 17.1 Å². The maximum atomic E-state index is 10.6. The quantitative estimate of drug-likeness (QED) is 0.676. The van der Waals surface area contributed by atoms with Crippen molar-refractivity contribution < 1.29 is 9.90 Å². The smallest absolute Gasteiger partial charge is 0.317 e. The Labute approximate surface area is 147 Å². The number of aliphatic carboxylic acids is 1. The molecule has 126 valence electrons. The van der Waals surface area contributed by atoms with Crippen molar-refractivity contribution >= 4 is 23.0 Å². The summed E-state index contributed by atoms with van der Waals surface area (Å²) >= 11 is 0. The van der Waals surface area contributed by atoms with E-state index in [1.807, 2.05) is 48.5 Å². The predicted octanol–water partition coefficient (Wildman–Crippen LogP) is 4.33. The molecular weight excluding hydrogens is 312 g/mol. The first-order chi connectivity index (χ1) is 12.2. The molecule has 0 aromatic heterocycles. The molecule has 0 atom stereocenters. The molecule has 3 rings (SSSR count). The molecule has 0 aliphatic heterocycles. The molecule has 0 amide bonds. The highest BCUT2D eigenvalue weighted by molar-refractivity contribution is 5.76. The fourth-order valence-electron chi connectivity index (χ4n) is 2.68. The molecule has 0 spiro atoms. The largest absolute Gasteiger partial charge is 0.480 e. The fraction of sp³-hybridized carbons (Fsp3) is 0.0952. The van der Waals surface area contributed by atoms with Crippen LogP contribution in [-0.2, 0) is 11.3 Å². The number of anilines is 3. The van der Waals surface area contributed by atoms with E-state index in [0.29, 0.717) is 6.54 Å². The number of carbonyl (C=O) groups is 1. The van der Waals surface area contributed by atoms with Gasteiger partial charge in [0.2, 0.25) is 0 Å². The van der Waals surface area contributed by atoms with Crippen LogP contribution in [0.15, 0.2) is 84.9 Å². The van der Waals surface area contributed by atoms with Gasteiger partial charge in [0.15, 0.2) is 0 Å². The molecule has 0 aliphatic rings. The lowest BCUT2D eigenvalue weighted by Crippen LogP contribution is -2.21. The Morgan fingerprint density at radius 1 is 0.760 bits per heavy atom. The van der Waals surface area contributed by atoms with Gasteiger partial charge in [0, 0.05) is 23.6 Å². The van der Waals surface area contributed by atoms with Gasteiger partial charge in [-0.05, 0) is 42.0 Å². The van der Waals surface area contributed by atoms with Crippen LogP contribution in [0.1, 0.15) is 5.56 Å². The Bertz CT molecular complexity index is 763. The van der Waals surface area contributed by atoms with Crippen LogP contribution in [0.2, 0.25) is 0 Å². The van der Waals surface area contributed by atoms with Gasteiger partial charge in [0.05, 0.1) is 6.54 Å². The van der Waals surface area contributed by atoms with Crippen molar-refractivity contribution in [2.75, 3.05) is 11.4 Å². The highest BCUT2D eigenvalue weighted by atomic mass is 16.4. The second-order valence-electron chi connectivity index (χ2n) is 5.67. The molecular formula is C21H20N2O2. The van der Waals surface area contributed by atoms with E-state index >= 15 is 0 Å². The van der Waals surface area contributed by atoms with E-state index in [2.05, 4.69) is 46.6 Å². The van der Waals surface area contributed by atoms with Crippen molar-refractivity contribution in [2.45, 2.75) is 6.54 Å². The standard InChI is InChI=1S/C21H20N2O2/c24-21(25)16-22-15-17-11-13-20(14-12-17)23(18-7-3-1-4-8-18)19-9-5-2-6-10-19/h1-14,22H,15-16H2,(H,24,25). The van der Waals surface area contributed by atoms with Gasteiger partial charge >= 0.3 is 5.97 Å². The lowest BCUT2D eigenvalue weighted by atomic mass is 10.1. The highest BCUT2D eigenvalue weighted by Crippen LogP contribution is 2.33. The zero-order valence-corrected chi connectivity index (χ0v) is 13.8. The van der Waals surface area contributed by atoms with E-state index in [9.17, 15) is 4.79 Å². The summed E-state index contributed by atoms with van der Waals surface area (Å²) in [4.78, 5) is 12.8. The van der Waals surface area contributed by atoms with Gasteiger partial charge < -0.3 is 15.3 Å². The number of benzene rings is 3. The summed E-state index contributed by atoms with van der Waals surface area (Å²) in [5.41, 5.74) is 4.28. The molecule has 0 heterocycles. The summed E-state index contributed by atoms with van der Waals surface area (Å²) in [5, 5.41) is 11.6. The molecule has 0 fully saturated rings. The summed E-state index contributed by atoms with van der Waals surface area (Å²) in [5.74, 6) is -0.851. The molecule has 3 aromatic rings. The number of carboxylic acid groups (broad SMARTS) is 1. The van der Waals surface area contributed by atoms with Gasteiger partial charge in [-0.25, -0.2) is 0 Å². The molecule has 0 radical (unpaired) electrons. The monoisotopic (exact) mass is 332 g/mol. The van der Waals surface area contributed by atoms with E-state index in [4.69, 9.17) is 5.11 Å². The van der Waals surface area contributed by atoms with Gasteiger partial charge in [-0.1, -0.05) is 48.5 Å². The van der Waals surface area contributed by atoms with Crippen molar-refractivity contribution in [1.82, 2.24) is 5.32 Å². The summed E-state index contributed by atoms with van der Waals surface area (Å²) in [6.45, 7) is 0.491. The van der Waals surface area contributed by atoms with Crippen LogP contribution >= 0.6 is 0 Å². The van der Waals surface area contributed by atoms with Crippen LogP contribution in [0.5, 0.6) is 0 Å². The second kappa shape index (κ2) is 8.13. The van der Waals surface area contributed by atoms with Crippen molar-refractivity contribution in [3.63, 3.8) is 0 Å². The van der Waals surface area contributed by atoms with Gasteiger partial charge in [0.1, 0.15) is 0 Å². The van der Waals surface area contributed by atoms with E-state index in [0.717, 1.165) is 22.6 Å². The second-order valence-corrected chi connectivity index (χ2v) is 5.67. The number of hydrogen-bond donors (Lipinski definition) is 2. The lowest BCUT2D eigenvalue weighted by molar-refractivity contribution is -0.135. The molecule has 2 N–H and O–H groups in total. The average molecular weight is 332 g/mol. The number of nitrogens with zero attached hydrogens (tertiary/aromatic N) is 1. The molecule has 0 bridgehead atoms. The maximum Gasteiger partial charge on any atom is 0.317 e. The summed E-state index contributed by atoms with van der Waals surface area (Å²) in [6, 6.07) is 28.6. The van der Waals surface area contributed by atoms with Crippen LogP contribution in [-0.4, -0.2) is 17.6 Å². The number of carboxylic acids is 1. The molecule has 25 heavy (non-hydrogen) atoms. The lowest BCUT2D eigenvalue weighted by Gasteiger charge is -2.25. The van der Waals surface area contributed by atoms with Gasteiger partial charge in [-0.15, -0.1) is 0 Å². The molecule has 0 unspecified atom stereocenters. The highest BCUT2D eigenvalue weighted by Gasteiger charge is 2.11. The maximum absolute atomic E-state index is 10.6. The third-order valence-electron chi connectivity index (χ3n) is 3.83. The third kappa shape index (κ3) is 4.46. The first-order valence-corrected chi connectivity index (χ1v) is 8.16. The predicted molar refractivity (Wildman–Crippen MR) is 100 cm³/mol. The molecule has 4 heteroatoms. The third-order valence-corrected chi connectivity index (χ3v) is 3.83. The average Bonchev–Trinajstić information content (AvgIpc) is 2.65. The topological polar surface area (TPSA) is 52.6 Å². The molecule has 0 saturated heterocycles. The minimum atomic E-state index is -0.851. The van der Waals surface area contributed by atoms with Gasteiger partial charge in [-0.3, -0.25) is 4.79 Å². The molecule has 0 aliphatic carbocycles. The summed E-state index contributed by atoms with van der Waals surface area (Å²) in [7, 11) is 0. The zero-order valence-electron chi connectivity index (χ0n) is 13.8. The minimum Gasteiger partial charge on any atom is -0.480 e. The molecule has 4 nitrogen and oxygen atoms in total. The van der Waals surface area contributed by atoms with Crippen molar-refractivity contribution in [3.05, 3.63) is 90.5 Å². The van der Waals surface area contributed by atoms with E-state index < -0.39 is 5.97 Å². The van der Waals surface area contributed by atoms with Crippen LogP contribution in [0.3, 0.4) is 0 Å². The summed E-state index contributed by atoms with van der Waals surface area (Å²) in [6.07, 6.45) is 0. The zero-order chi connectivity index (χ0) is 17.5. The normalized spacial score (nSPS) is 10.4.